The number of carboxylic acid groups (broad SMARTS) is 1. The van der Waals surface area contributed by atoms with Gasteiger partial charge in [0.1, 0.15) is 10.8 Å². The Morgan fingerprint density at radius 3 is 2.76 bits per heavy atom. The van der Waals surface area contributed by atoms with E-state index in [1.54, 1.807) is 12.1 Å². The van der Waals surface area contributed by atoms with Crippen LogP contribution in [0.2, 0.25) is 5.02 Å². The van der Waals surface area contributed by atoms with E-state index in [0.717, 1.165) is 11.3 Å². The number of phenolic OH excluding ortho intramolecular Hbond substituents is 1. The van der Waals surface area contributed by atoms with Crippen molar-refractivity contribution in [3.63, 3.8) is 0 Å². The summed E-state index contributed by atoms with van der Waals surface area (Å²) in [4.78, 5) is 14.5. The van der Waals surface area contributed by atoms with Gasteiger partial charge in [-0.25, -0.2) is 9.78 Å². The number of rotatable bonds is 2. The van der Waals surface area contributed by atoms with Gasteiger partial charge in [-0.2, -0.15) is 0 Å². The molecule has 84 valence electrons. The molecule has 2 aromatic rings. The van der Waals surface area contributed by atoms with Crippen molar-refractivity contribution in [3.8, 4) is 16.3 Å². The van der Waals surface area contributed by atoms with E-state index in [-0.39, 0.29) is 42.4 Å². The summed E-state index contributed by atoms with van der Waals surface area (Å²) in [5.41, 5.74) is 0.393. The summed E-state index contributed by atoms with van der Waals surface area (Å²) >= 11 is 6.93. The molecule has 0 unspecified atom stereocenters. The summed E-state index contributed by atoms with van der Waals surface area (Å²) in [7, 11) is 0. The number of aromatic hydroxyl groups is 1. The fourth-order valence-electron chi connectivity index (χ4n) is 1.18. The zero-order valence-corrected chi connectivity index (χ0v) is 12.4. The Hall–Kier alpha value is -0.590. The van der Waals surface area contributed by atoms with Crippen molar-refractivity contribution >= 4 is 28.9 Å². The minimum absolute atomic E-state index is 0. The van der Waals surface area contributed by atoms with E-state index in [4.69, 9.17) is 16.7 Å². The molecule has 0 atom stereocenters. The van der Waals surface area contributed by atoms with Gasteiger partial charge in [-0.1, -0.05) is 11.6 Å². The van der Waals surface area contributed by atoms with Crippen LogP contribution in [0.25, 0.3) is 10.6 Å². The minimum atomic E-state index is -1.09. The number of aromatic carboxylic acids is 1. The molecule has 0 aliphatic carbocycles. The Morgan fingerprint density at radius 2 is 2.18 bits per heavy atom. The Morgan fingerprint density at radius 1 is 1.47 bits per heavy atom. The molecule has 1 aromatic heterocycles. The molecule has 0 amide bonds. The maximum Gasteiger partial charge on any atom is 1.00 e. The Bertz CT molecular complexity index is 564. The molecule has 0 saturated heterocycles. The van der Waals surface area contributed by atoms with Gasteiger partial charge in [-0.05, 0) is 18.2 Å². The van der Waals surface area contributed by atoms with Crippen molar-refractivity contribution < 1.29 is 46.0 Å². The summed E-state index contributed by atoms with van der Waals surface area (Å²) < 4.78 is 0. The number of carbonyl (C=O) groups is 1. The molecule has 7 heteroatoms. The van der Waals surface area contributed by atoms with Crippen LogP contribution in [0.5, 0.6) is 5.75 Å². The summed E-state index contributed by atoms with van der Waals surface area (Å²) in [6, 6.07) is 4.53. The van der Waals surface area contributed by atoms with Crippen LogP contribution in [0.4, 0.5) is 0 Å². The molecule has 4 nitrogen and oxygen atoms in total. The third-order valence-electron chi connectivity index (χ3n) is 1.91. The topological polar surface area (TPSA) is 70.4 Å². The van der Waals surface area contributed by atoms with E-state index in [2.05, 4.69) is 4.98 Å². The largest absolute Gasteiger partial charge is 1.00 e. The van der Waals surface area contributed by atoms with Crippen molar-refractivity contribution in [2.24, 2.45) is 0 Å². The zero-order chi connectivity index (χ0) is 11.7. The van der Waals surface area contributed by atoms with Gasteiger partial charge in [0.15, 0.2) is 5.69 Å². The molecule has 1 aromatic carbocycles. The van der Waals surface area contributed by atoms with E-state index in [1.807, 2.05) is 0 Å². The van der Waals surface area contributed by atoms with E-state index in [9.17, 15) is 9.90 Å². The van der Waals surface area contributed by atoms with Crippen LogP contribution in [0, 0.1) is 0 Å². The number of halogens is 1. The molecule has 0 aliphatic rings. The zero-order valence-electron chi connectivity index (χ0n) is 9.85. The van der Waals surface area contributed by atoms with Crippen LogP contribution in [0.1, 0.15) is 11.9 Å². The number of hydrogen-bond acceptors (Lipinski definition) is 4. The molecular formula is C10H7ClNNaO3S. The normalized spacial score (nSPS) is 9.71. The van der Waals surface area contributed by atoms with Gasteiger partial charge in [0, 0.05) is 10.4 Å². The fourth-order valence-corrected chi connectivity index (χ4v) is 2.17. The average molecular weight is 280 g/mol. The maximum atomic E-state index is 10.7. The quantitative estimate of drug-likeness (QED) is 0.758. The second-order valence-corrected chi connectivity index (χ2v) is 4.30. The molecule has 0 bridgehead atoms. The molecule has 2 rings (SSSR count). The molecule has 0 radical (unpaired) electrons. The number of nitrogens with zero attached hydrogens (tertiary/aromatic N) is 1. The monoisotopic (exact) mass is 279 g/mol. The Kier molecular flexibility index (Phi) is 4.97. The molecule has 0 fully saturated rings. The van der Waals surface area contributed by atoms with E-state index in [1.165, 1.54) is 11.4 Å². The maximum absolute atomic E-state index is 10.7. The number of aromatic nitrogens is 1. The minimum Gasteiger partial charge on any atom is -1.00 e. The van der Waals surface area contributed by atoms with Crippen molar-refractivity contribution in [2.45, 2.75) is 0 Å². The van der Waals surface area contributed by atoms with Gasteiger partial charge in [-0.15, -0.1) is 11.3 Å². The molecule has 1 heterocycles. The van der Waals surface area contributed by atoms with E-state index < -0.39 is 5.97 Å². The van der Waals surface area contributed by atoms with Crippen molar-refractivity contribution in [2.75, 3.05) is 0 Å². The molecule has 2 N–H and O–H groups in total. The van der Waals surface area contributed by atoms with Crippen LogP contribution in [-0.4, -0.2) is 21.2 Å². The predicted octanol–water partition coefficient (Wildman–Crippen LogP) is -0.0162. The first-order valence-electron chi connectivity index (χ1n) is 4.25. The molecule has 0 spiro atoms. The van der Waals surface area contributed by atoms with Gasteiger partial charge >= 0.3 is 35.5 Å². The summed E-state index contributed by atoms with van der Waals surface area (Å²) in [6.07, 6.45) is 0. The smallest absolute Gasteiger partial charge is 1.00 e. The molecule has 17 heavy (non-hydrogen) atoms. The van der Waals surface area contributed by atoms with Crippen LogP contribution >= 0.6 is 22.9 Å². The first-order chi connectivity index (χ1) is 7.58. The first kappa shape index (κ1) is 14.5. The predicted molar refractivity (Wildman–Crippen MR) is 62.3 cm³/mol. The van der Waals surface area contributed by atoms with Crippen LogP contribution in [-0.2, 0) is 0 Å². The number of hydrogen-bond donors (Lipinski definition) is 2. The second kappa shape index (κ2) is 5.84. The summed E-state index contributed by atoms with van der Waals surface area (Å²) in [6.45, 7) is 0. The Labute approximate surface area is 130 Å². The molecule has 0 saturated carbocycles. The van der Waals surface area contributed by atoms with Crippen LogP contribution < -0.4 is 29.6 Å². The third kappa shape index (κ3) is 3.20. The van der Waals surface area contributed by atoms with Gasteiger partial charge in [0.2, 0.25) is 0 Å². The van der Waals surface area contributed by atoms with Crippen LogP contribution in [0.15, 0.2) is 23.6 Å². The molecule has 0 aliphatic heterocycles. The van der Waals surface area contributed by atoms with E-state index in [0.29, 0.717) is 15.6 Å². The standard InChI is InChI=1S/C10H6ClNO3S.Na.H/c11-5-1-2-8(13)6(3-5)9-12-7(4-16-9)10(14)15;;/h1-4,13H,(H,14,15);;/q;+1;-1. The molecular weight excluding hydrogens is 273 g/mol. The third-order valence-corrected chi connectivity index (χ3v) is 3.02. The number of benzene rings is 1. The van der Waals surface area contributed by atoms with Crippen LogP contribution in [0.3, 0.4) is 0 Å². The summed E-state index contributed by atoms with van der Waals surface area (Å²) in [5.74, 6) is -1.07. The average Bonchev–Trinajstić information content (AvgIpc) is 2.70. The Balaban J connectivity index is 0.00000144. The SMILES string of the molecule is O=C(O)c1csc(-c2cc(Cl)ccc2O)n1.[H-].[Na+]. The number of thiazole rings is 1. The number of phenols is 1. The van der Waals surface area contributed by atoms with Crippen molar-refractivity contribution in [3.05, 3.63) is 34.3 Å². The van der Waals surface area contributed by atoms with Crippen molar-refractivity contribution in [1.82, 2.24) is 4.98 Å². The van der Waals surface area contributed by atoms with Gasteiger partial charge < -0.3 is 11.6 Å². The van der Waals surface area contributed by atoms with E-state index >= 15 is 0 Å². The fraction of sp³-hybridized carbons (Fsp3) is 0. The van der Waals surface area contributed by atoms with Gasteiger partial charge in [0.05, 0.1) is 5.56 Å². The van der Waals surface area contributed by atoms with Gasteiger partial charge in [-0.3, -0.25) is 0 Å². The second-order valence-electron chi connectivity index (χ2n) is 3.00. The first-order valence-corrected chi connectivity index (χ1v) is 5.51. The summed E-state index contributed by atoms with van der Waals surface area (Å²) in [5, 5.41) is 20.6. The van der Waals surface area contributed by atoms with Gasteiger partial charge in [0.25, 0.3) is 0 Å². The van der Waals surface area contributed by atoms with Crippen molar-refractivity contribution in [1.29, 1.82) is 0 Å². The number of carboxylic acids is 1.